The molecular formula is C7H18O3. The van der Waals surface area contributed by atoms with Crippen LogP contribution in [0.1, 0.15) is 34.6 Å². The third-order valence-corrected chi connectivity index (χ3v) is 0. The minimum absolute atomic E-state index is 0. The summed E-state index contributed by atoms with van der Waals surface area (Å²) in [6.45, 7) is 8.28. The highest BCUT2D eigenvalue weighted by atomic mass is 16.3. The molecule has 0 aliphatic carbocycles. The standard InChI is InChI=1S/C4H10O.C3H6O.H2O/c1-4(2,3)5;1-3(2)4;/h5H,1-3H3;1-2H3;1H2. The van der Waals surface area contributed by atoms with E-state index in [1.165, 1.54) is 13.8 Å². The molecule has 0 spiro atoms. The fourth-order valence-corrected chi connectivity index (χ4v) is 0. The van der Waals surface area contributed by atoms with E-state index in [4.69, 9.17) is 5.11 Å². The van der Waals surface area contributed by atoms with Crippen molar-refractivity contribution in [1.82, 2.24) is 0 Å². The van der Waals surface area contributed by atoms with Crippen molar-refractivity contribution in [3.05, 3.63) is 0 Å². The molecule has 0 unspecified atom stereocenters. The second-order valence-corrected chi connectivity index (χ2v) is 3.08. The number of carbonyl (C=O) groups excluding carboxylic acids is 1. The highest BCUT2D eigenvalue weighted by Gasteiger charge is 1.97. The van der Waals surface area contributed by atoms with Crippen LogP contribution in [0.5, 0.6) is 0 Å². The zero-order valence-corrected chi connectivity index (χ0v) is 7.36. The predicted molar refractivity (Wildman–Crippen MR) is 41.9 cm³/mol. The lowest BCUT2D eigenvalue weighted by molar-refractivity contribution is -0.114. The van der Waals surface area contributed by atoms with Gasteiger partial charge in [-0.3, -0.25) is 0 Å². The zero-order chi connectivity index (χ0) is 8.08. The topological polar surface area (TPSA) is 68.8 Å². The Hall–Kier alpha value is -0.410. The Bertz CT molecular complexity index is 71.3. The Morgan fingerprint density at radius 1 is 1.20 bits per heavy atom. The molecule has 0 aromatic carbocycles. The lowest BCUT2D eigenvalue weighted by Gasteiger charge is -2.04. The molecule has 0 atom stereocenters. The summed E-state index contributed by atoms with van der Waals surface area (Å²) in [6.07, 6.45) is 0. The van der Waals surface area contributed by atoms with Gasteiger partial charge in [0.2, 0.25) is 0 Å². The summed E-state index contributed by atoms with van der Waals surface area (Å²) in [4.78, 5) is 9.44. The van der Waals surface area contributed by atoms with E-state index in [1.54, 1.807) is 20.8 Å². The SMILES string of the molecule is CC(C)(C)O.CC(C)=O.O. The van der Waals surface area contributed by atoms with Crippen LogP contribution in [0.4, 0.5) is 0 Å². The van der Waals surface area contributed by atoms with Gasteiger partial charge in [0.25, 0.3) is 0 Å². The van der Waals surface area contributed by atoms with Crippen molar-refractivity contribution in [2.24, 2.45) is 0 Å². The molecule has 0 radical (unpaired) electrons. The van der Waals surface area contributed by atoms with E-state index in [0.717, 1.165) is 0 Å². The minimum atomic E-state index is -0.500. The van der Waals surface area contributed by atoms with Crippen LogP contribution in [0.3, 0.4) is 0 Å². The van der Waals surface area contributed by atoms with Crippen LogP contribution in [0.2, 0.25) is 0 Å². The van der Waals surface area contributed by atoms with Crippen molar-refractivity contribution in [2.45, 2.75) is 40.2 Å². The van der Waals surface area contributed by atoms with Crippen molar-refractivity contribution >= 4 is 5.78 Å². The molecule has 0 aliphatic heterocycles. The van der Waals surface area contributed by atoms with Crippen LogP contribution in [0.15, 0.2) is 0 Å². The smallest absolute Gasteiger partial charge is 0.126 e. The van der Waals surface area contributed by atoms with Gasteiger partial charge in [0, 0.05) is 0 Å². The molecule has 3 nitrogen and oxygen atoms in total. The number of hydrogen-bond donors (Lipinski definition) is 1. The Balaban J connectivity index is -0.0000000910. The van der Waals surface area contributed by atoms with Crippen molar-refractivity contribution in [2.75, 3.05) is 0 Å². The van der Waals surface area contributed by atoms with Gasteiger partial charge in [0.1, 0.15) is 5.78 Å². The van der Waals surface area contributed by atoms with E-state index in [9.17, 15) is 4.79 Å². The highest BCUT2D eigenvalue weighted by molar-refractivity contribution is 5.72. The van der Waals surface area contributed by atoms with Crippen molar-refractivity contribution in [1.29, 1.82) is 0 Å². The average molecular weight is 150 g/mol. The van der Waals surface area contributed by atoms with E-state index >= 15 is 0 Å². The van der Waals surface area contributed by atoms with Gasteiger partial charge in [-0.05, 0) is 34.6 Å². The van der Waals surface area contributed by atoms with Gasteiger partial charge in [0.05, 0.1) is 5.60 Å². The number of Topliss-reactive ketones (excluding diaryl/α,β-unsaturated/α-hetero) is 1. The summed E-state index contributed by atoms with van der Waals surface area (Å²) in [5, 5.41) is 8.52. The fraction of sp³-hybridized carbons (Fsp3) is 0.857. The van der Waals surface area contributed by atoms with Gasteiger partial charge >= 0.3 is 0 Å². The summed E-state index contributed by atoms with van der Waals surface area (Å²) in [7, 11) is 0. The summed E-state index contributed by atoms with van der Waals surface area (Å²) in [5.41, 5.74) is -0.500. The van der Waals surface area contributed by atoms with E-state index in [0.29, 0.717) is 0 Å². The molecule has 0 fully saturated rings. The Morgan fingerprint density at radius 2 is 1.20 bits per heavy atom. The maximum atomic E-state index is 9.44. The molecule has 0 bridgehead atoms. The van der Waals surface area contributed by atoms with Gasteiger partial charge in [-0.25, -0.2) is 0 Å². The summed E-state index contributed by atoms with van der Waals surface area (Å²) in [6, 6.07) is 0. The molecule has 0 saturated carbocycles. The van der Waals surface area contributed by atoms with Gasteiger partial charge < -0.3 is 15.4 Å². The molecule has 10 heavy (non-hydrogen) atoms. The normalized spacial score (nSPS) is 8.60. The summed E-state index contributed by atoms with van der Waals surface area (Å²) in [5.74, 6) is 0.167. The third kappa shape index (κ3) is 1960. The first-order valence-corrected chi connectivity index (χ1v) is 2.93. The van der Waals surface area contributed by atoms with Gasteiger partial charge in [-0.15, -0.1) is 0 Å². The van der Waals surface area contributed by atoms with Crippen LogP contribution in [-0.2, 0) is 4.79 Å². The quantitative estimate of drug-likeness (QED) is 0.547. The largest absolute Gasteiger partial charge is 0.412 e. The zero-order valence-electron chi connectivity index (χ0n) is 7.36. The molecule has 3 N–H and O–H groups in total. The Morgan fingerprint density at radius 3 is 1.20 bits per heavy atom. The van der Waals surface area contributed by atoms with Gasteiger partial charge in [-0.2, -0.15) is 0 Å². The number of ketones is 1. The fourth-order valence-electron chi connectivity index (χ4n) is 0. The van der Waals surface area contributed by atoms with Gasteiger partial charge in [-0.1, -0.05) is 0 Å². The maximum Gasteiger partial charge on any atom is 0.126 e. The van der Waals surface area contributed by atoms with Crippen molar-refractivity contribution in [3.8, 4) is 0 Å². The molecule has 0 rings (SSSR count). The molecule has 0 aromatic rings. The molecule has 0 amide bonds. The number of hydrogen-bond acceptors (Lipinski definition) is 2. The lowest BCUT2D eigenvalue weighted by atomic mass is 10.2. The number of aliphatic hydroxyl groups is 1. The maximum absolute atomic E-state index is 9.44. The first-order valence-electron chi connectivity index (χ1n) is 2.93. The van der Waals surface area contributed by atoms with E-state index in [2.05, 4.69) is 0 Å². The highest BCUT2D eigenvalue weighted by Crippen LogP contribution is 1.93. The first kappa shape index (κ1) is 16.3. The lowest BCUT2D eigenvalue weighted by Crippen LogP contribution is -2.10. The number of carbonyl (C=O) groups is 1. The summed E-state index contributed by atoms with van der Waals surface area (Å²) >= 11 is 0. The average Bonchev–Trinajstić information content (AvgIpc) is 1.19. The molecule has 0 heterocycles. The second-order valence-electron chi connectivity index (χ2n) is 3.08. The van der Waals surface area contributed by atoms with Crippen LogP contribution in [0, 0.1) is 0 Å². The third-order valence-electron chi connectivity index (χ3n) is 0. The molecular weight excluding hydrogens is 132 g/mol. The predicted octanol–water partition coefficient (Wildman–Crippen LogP) is 0.548. The van der Waals surface area contributed by atoms with Gasteiger partial charge in [0.15, 0.2) is 0 Å². The van der Waals surface area contributed by atoms with Crippen LogP contribution in [-0.4, -0.2) is 22.0 Å². The van der Waals surface area contributed by atoms with Crippen LogP contribution < -0.4 is 0 Å². The summed E-state index contributed by atoms with van der Waals surface area (Å²) < 4.78 is 0. The Labute approximate surface area is 62.4 Å². The van der Waals surface area contributed by atoms with Crippen molar-refractivity contribution < 1.29 is 15.4 Å². The van der Waals surface area contributed by atoms with E-state index < -0.39 is 5.60 Å². The van der Waals surface area contributed by atoms with E-state index in [-0.39, 0.29) is 11.3 Å². The van der Waals surface area contributed by atoms with Crippen molar-refractivity contribution in [3.63, 3.8) is 0 Å². The van der Waals surface area contributed by atoms with Crippen LogP contribution in [0.25, 0.3) is 0 Å². The first-order chi connectivity index (χ1) is 3.73. The molecule has 0 saturated heterocycles. The Kier molecular flexibility index (Phi) is 10.9. The molecule has 0 aromatic heterocycles. The molecule has 3 heteroatoms. The minimum Gasteiger partial charge on any atom is -0.412 e. The number of rotatable bonds is 0. The second kappa shape index (κ2) is 6.71. The van der Waals surface area contributed by atoms with E-state index in [1.807, 2.05) is 0 Å². The molecule has 64 valence electrons. The monoisotopic (exact) mass is 150 g/mol. The molecule has 0 aliphatic rings. The van der Waals surface area contributed by atoms with Crippen LogP contribution >= 0.6 is 0 Å².